The average molecular weight is 253 g/mol. The molecule has 2 heteroatoms. The molecule has 0 aliphatic heterocycles. The van der Waals surface area contributed by atoms with Crippen LogP contribution in [0.25, 0.3) is 9.65 Å². The molecule has 1 atom stereocenters. The molecule has 0 radical (unpaired) electrons. The van der Waals surface area contributed by atoms with Crippen LogP contribution in [0, 0.1) is 0 Å². The molecule has 0 saturated heterocycles. The van der Waals surface area contributed by atoms with E-state index in [9.17, 15) is 0 Å². The maximum atomic E-state index is 5.77. The first-order valence-electron chi connectivity index (χ1n) is 4.93. The Kier molecular flexibility index (Phi) is 2.95. The zero-order valence-electron chi connectivity index (χ0n) is 8.49. The Morgan fingerprint density at radius 2 is 2.21 bits per heavy atom. The number of ether oxygens (including phenoxy) is 1. The molecular weight excluding hydrogens is 239 g/mol. The Morgan fingerprint density at radius 3 is 3.00 bits per heavy atom. The summed E-state index contributed by atoms with van der Waals surface area (Å²) in [5.41, 5.74) is 0. The van der Waals surface area contributed by atoms with E-state index in [1.807, 2.05) is 0 Å². The van der Waals surface area contributed by atoms with Crippen LogP contribution in [0.4, 0.5) is 0 Å². The molecule has 1 aromatic heterocycles. The van der Waals surface area contributed by atoms with Gasteiger partial charge in [0, 0.05) is 0 Å². The van der Waals surface area contributed by atoms with Crippen LogP contribution >= 0.6 is 0 Å². The van der Waals surface area contributed by atoms with Gasteiger partial charge in [0.1, 0.15) is 0 Å². The van der Waals surface area contributed by atoms with E-state index in [0.29, 0.717) is 20.6 Å². The van der Waals surface area contributed by atoms with Crippen molar-refractivity contribution in [2.75, 3.05) is 0 Å². The minimum absolute atomic E-state index is 0.315. The van der Waals surface area contributed by atoms with Gasteiger partial charge in [-0.3, -0.25) is 0 Å². The second-order valence-electron chi connectivity index (χ2n) is 3.46. The van der Waals surface area contributed by atoms with Crippen molar-refractivity contribution in [2.24, 2.45) is 0 Å². The molecule has 2 aromatic rings. The van der Waals surface area contributed by atoms with Gasteiger partial charge in [-0.25, -0.2) is 0 Å². The van der Waals surface area contributed by atoms with Crippen LogP contribution in [0.15, 0.2) is 29.2 Å². The van der Waals surface area contributed by atoms with Gasteiger partial charge in [-0.15, -0.1) is 0 Å². The summed E-state index contributed by atoms with van der Waals surface area (Å²) in [6.07, 6.45) is 1.37. The van der Waals surface area contributed by atoms with Crippen molar-refractivity contribution in [3.05, 3.63) is 29.2 Å². The van der Waals surface area contributed by atoms with E-state index < -0.39 is 0 Å². The third-order valence-corrected chi connectivity index (χ3v) is 4.19. The van der Waals surface area contributed by atoms with Crippen LogP contribution in [0.5, 0.6) is 5.75 Å². The Balaban J connectivity index is 2.25. The molecule has 1 unspecified atom stereocenters. The normalized spacial score (nSPS) is 13.0. The fourth-order valence-corrected chi connectivity index (χ4v) is 3.04. The number of benzene rings is 1. The molecule has 2 rings (SSSR count). The molecule has 1 nitrogen and oxygen atoms in total. The van der Waals surface area contributed by atoms with E-state index in [2.05, 4.69) is 43.1 Å². The number of hydrogen-bond acceptors (Lipinski definition) is 1. The Bertz CT molecular complexity index is 419. The summed E-state index contributed by atoms with van der Waals surface area (Å²) >= 11 is 0.518. The van der Waals surface area contributed by atoms with Crippen molar-refractivity contribution in [1.29, 1.82) is 0 Å². The molecule has 0 bridgehead atoms. The van der Waals surface area contributed by atoms with Crippen LogP contribution in [-0.4, -0.2) is 20.6 Å². The first kappa shape index (κ1) is 9.82. The van der Waals surface area contributed by atoms with E-state index >= 15 is 0 Å². The molecule has 0 aliphatic carbocycles. The average Bonchev–Trinajstić information content (AvgIpc) is 2.64. The van der Waals surface area contributed by atoms with Gasteiger partial charge in [-0.2, -0.15) is 0 Å². The van der Waals surface area contributed by atoms with Gasteiger partial charge in [-0.1, -0.05) is 0 Å². The standard InChI is InChI=1S/C12H14OSe/c1-3-9(2)13-11-5-4-10-6-7-14-12(10)8-11/h4-9H,3H2,1-2H3. The van der Waals surface area contributed by atoms with Crippen molar-refractivity contribution in [2.45, 2.75) is 26.4 Å². The maximum absolute atomic E-state index is 5.77. The summed E-state index contributed by atoms with van der Waals surface area (Å²) in [6, 6.07) is 8.60. The first-order chi connectivity index (χ1) is 6.79. The Morgan fingerprint density at radius 1 is 1.36 bits per heavy atom. The van der Waals surface area contributed by atoms with E-state index in [4.69, 9.17) is 4.74 Å². The zero-order chi connectivity index (χ0) is 9.97. The molecular formula is C12H14OSe. The summed E-state index contributed by atoms with van der Waals surface area (Å²) in [5, 5.41) is 1.36. The number of hydrogen-bond donors (Lipinski definition) is 0. The fraction of sp³-hybridized carbons (Fsp3) is 0.333. The van der Waals surface area contributed by atoms with Gasteiger partial charge in [0.15, 0.2) is 0 Å². The molecule has 0 amide bonds. The molecule has 74 valence electrons. The molecule has 1 heterocycles. The summed E-state index contributed by atoms with van der Waals surface area (Å²) in [5.74, 6) is 1.02. The van der Waals surface area contributed by atoms with Gasteiger partial charge in [-0.05, 0) is 0 Å². The summed E-state index contributed by atoms with van der Waals surface area (Å²) in [6.45, 7) is 4.25. The number of rotatable bonds is 3. The topological polar surface area (TPSA) is 9.23 Å². The zero-order valence-corrected chi connectivity index (χ0v) is 10.2. The predicted octanol–water partition coefficient (Wildman–Crippen LogP) is 3.07. The van der Waals surface area contributed by atoms with Crippen LogP contribution < -0.4 is 4.74 Å². The second kappa shape index (κ2) is 4.20. The molecule has 0 spiro atoms. The summed E-state index contributed by atoms with van der Waals surface area (Å²) < 4.78 is 7.21. The molecule has 0 fully saturated rings. The van der Waals surface area contributed by atoms with Crippen LogP contribution in [0.2, 0.25) is 0 Å². The second-order valence-corrected chi connectivity index (χ2v) is 5.45. The van der Waals surface area contributed by atoms with Crippen LogP contribution in [0.3, 0.4) is 0 Å². The van der Waals surface area contributed by atoms with E-state index in [1.54, 1.807) is 0 Å². The quantitative estimate of drug-likeness (QED) is 0.764. The van der Waals surface area contributed by atoms with E-state index in [-0.39, 0.29) is 0 Å². The van der Waals surface area contributed by atoms with E-state index in [0.717, 1.165) is 12.2 Å². The summed E-state index contributed by atoms with van der Waals surface area (Å²) in [7, 11) is 0. The molecule has 14 heavy (non-hydrogen) atoms. The third kappa shape index (κ3) is 2.02. The van der Waals surface area contributed by atoms with E-state index in [1.165, 1.54) is 9.65 Å². The Labute approximate surface area is 90.4 Å². The predicted molar refractivity (Wildman–Crippen MR) is 61.3 cm³/mol. The third-order valence-electron chi connectivity index (χ3n) is 2.34. The van der Waals surface area contributed by atoms with Crippen molar-refractivity contribution in [1.82, 2.24) is 0 Å². The minimum atomic E-state index is 0.315. The van der Waals surface area contributed by atoms with Crippen LogP contribution in [0.1, 0.15) is 20.3 Å². The van der Waals surface area contributed by atoms with Gasteiger partial charge in [0.05, 0.1) is 0 Å². The van der Waals surface area contributed by atoms with Gasteiger partial charge >= 0.3 is 90.2 Å². The monoisotopic (exact) mass is 254 g/mol. The first-order valence-corrected chi connectivity index (χ1v) is 6.78. The van der Waals surface area contributed by atoms with Gasteiger partial charge < -0.3 is 0 Å². The van der Waals surface area contributed by atoms with Gasteiger partial charge in [0.2, 0.25) is 0 Å². The van der Waals surface area contributed by atoms with Crippen molar-refractivity contribution in [3.63, 3.8) is 0 Å². The SMILES string of the molecule is CCC(C)Oc1ccc2cc[se]c2c1. The molecule has 1 aromatic carbocycles. The summed E-state index contributed by atoms with van der Waals surface area (Å²) in [4.78, 5) is 2.25. The van der Waals surface area contributed by atoms with Crippen molar-refractivity contribution < 1.29 is 4.74 Å². The van der Waals surface area contributed by atoms with Gasteiger partial charge in [0.25, 0.3) is 0 Å². The molecule has 0 aliphatic rings. The molecule has 0 saturated carbocycles. The van der Waals surface area contributed by atoms with Crippen molar-refractivity contribution in [3.8, 4) is 5.75 Å². The fourth-order valence-electron chi connectivity index (χ4n) is 1.32. The Hall–Kier alpha value is -0.721. The number of fused-ring (bicyclic) bond motifs is 1. The van der Waals surface area contributed by atoms with Crippen molar-refractivity contribution >= 4 is 24.1 Å². The molecule has 0 N–H and O–H groups in total. The van der Waals surface area contributed by atoms with Crippen LogP contribution in [-0.2, 0) is 0 Å².